The van der Waals surface area contributed by atoms with Crippen molar-refractivity contribution in [2.45, 2.75) is 36.6 Å². The molecule has 23 heavy (non-hydrogen) atoms. The van der Waals surface area contributed by atoms with Crippen LogP contribution in [0.5, 0.6) is 0 Å². The van der Waals surface area contributed by atoms with E-state index >= 15 is 0 Å². The van der Waals surface area contributed by atoms with Gasteiger partial charge in [-0.2, -0.15) is 0 Å². The SMILES string of the molecule is CC1(C)CCN(c2cnc(Sc3ccncc3Cl)c(N)n2)CC1. The zero-order chi connectivity index (χ0) is 16.4. The number of rotatable bonds is 3. The van der Waals surface area contributed by atoms with E-state index in [4.69, 9.17) is 17.3 Å². The monoisotopic (exact) mass is 349 g/mol. The molecule has 0 unspecified atom stereocenters. The number of aromatic nitrogens is 3. The summed E-state index contributed by atoms with van der Waals surface area (Å²) < 4.78 is 0. The molecule has 0 atom stereocenters. The van der Waals surface area contributed by atoms with Crippen LogP contribution in [0.4, 0.5) is 11.6 Å². The third kappa shape index (κ3) is 3.87. The largest absolute Gasteiger partial charge is 0.381 e. The van der Waals surface area contributed by atoms with Gasteiger partial charge in [0, 0.05) is 30.4 Å². The van der Waals surface area contributed by atoms with Crippen LogP contribution < -0.4 is 10.6 Å². The van der Waals surface area contributed by atoms with E-state index in [1.54, 1.807) is 18.6 Å². The molecule has 0 saturated carbocycles. The van der Waals surface area contributed by atoms with Gasteiger partial charge in [0.15, 0.2) is 5.82 Å². The van der Waals surface area contributed by atoms with E-state index in [0.717, 1.165) is 36.6 Å². The van der Waals surface area contributed by atoms with Gasteiger partial charge in [-0.1, -0.05) is 37.2 Å². The summed E-state index contributed by atoms with van der Waals surface area (Å²) in [6, 6.07) is 1.84. The predicted octanol–water partition coefficient (Wildman–Crippen LogP) is 3.88. The number of hydrogen-bond donors (Lipinski definition) is 1. The summed E-state index contributed by atoms with van der Waals surface area (Å²) in [6.45, 7) is 6.60. The van der Waals surface area contributed by atoms with Crippen molar-refractivity contribution in [1.29, 1.82) is 0 Å². The molecule has 0 amide bonds. The third-order valence-electron chi connectivity index (χ3n) is 4.13. The minimum absolute atomic E-state index is 0.406. The number of anilines is 2. The van der Waals surface area contributed by atoms with E-state index < -0.39 is 0 Å². The molecule has 2 N–H and O–H groups in total. The first-order valence-corrected chi connectivity index (χ1v) is 8.79. The molecular formula is C16H20ClN5S. The Bertz CT molecular complexity index is 697. The van der Waals surface area contributed by atoms with Gasteiger partial charge in [-0.25, -0.2) is 9.97 Å². The lowest BCUT2D eigenvalue weighted by Crippen LogP contribution is -2.37. The van der Waals surface area contributed by atoms with Crippen molar-refractivity contribution < 1.29 is 0 Å². The van der Waals surface area contributed by atoms with Crippen molar-refractivity contribution in [2.75, 3.05) is 23.7 Å². The third-order valence-corrected chi connectivity index (χ3v) is 5.63. The highest BCUT2D eigenvalue weighted by Gasteiger charge is 2.26. The normalized spacial score (nSPS) is 17.3. The maximum absolute atomic E-state index is 6.13. The molecule has 1 saturated heterocycles. The Morgan fingerprint density at radius 3 is 2.65 bits per heavy atom. The quantitative estimate of drug-likeness (QED) is 0.906. The van der Waals surface area contributed by atoms with Gasteiger partial charge in [-0.15, -0.1) is 0 Å². The fourth-order valence-electron chi connectivity index (χ4n) is 2.50. The average Bonchev–Trinajstić information content (AvgIpc) is 2.51. The molecule has 0 radical (unpaired) electrons. The number of halogens is 1. The molecule has 2 aromatic rings. The molecule has 0 bridgehead atoms. The molecule has 1 aliphatic heterocycles. The van der Waals surface area contributed by atoms with Crippen LogP contribution in [0.15, 0.2) is 34.6 Å². The van der Waals surface area contributed by atoms with E-state index in [0.29, 0.717) is 21.3 Å². The highest BCUT2D eigenvalue weighted by atomic mass is 35.5. The van der Waals surface area contributed by atoms with Gasteiger partial charge in [-0.3, -0.25) is 4.98 Å². The van der Waals surface area contributed by atoms with Crippen molar-refractivity contribution in [1.82, 2.24) is 15.0 Å². The molecule has 122 valence electrons. The van der Waals surface area contributed by atoms with Gasteiger partial charge in [0.05, 0.1) is 11.2 Å². The summed E-state index contributed by atoms with van der Waals surface area (Å²) in [4.78, 5) is 16.1. The van der Waals surface area contributed by atoms with Crippen LogP contribution in [-0.2, 0) is 0 Å². The molecule has 7 heteroatoms. The van der Waals surface area contributed by atoms with Crippen molar-refractivity contribution >= 4 is 35.0 Å². The summed E-state index contributed by atoms with van der Waals surface area (Å²) >= 11 is 7.53. The second-order valence-electron chi connectivity index (χ2n) is 6.48. The van der Waals surface area contributed by atoms with E-state index in [1.807, 2.05) is 6.07 Å². The lowest BCUT2D eigenvalue weighted by molar-refractivity contribution is 0.279. The van der Waals surface area contributed by atoms with Crippen LogP contribution in [0, 0.1) is 5.41 Å². The summed E-state index contributed by atoms with van der Waals surface area (Å²) in [5, 5.41) is 1.25. The number of pyridine rings is 1. The van der Waals surface area contributed by atoms with Gasteiger partial charge >= 0.3 is 0 Å². The van der Waals surface area contributed by atoms with Crippen molar-refractivity contribution in [2.24, 2.45) is 5.41 Å². The van der Waals surface area contributed by atoms with Crippen LogP contribution in [0.1, 0.15) is 26.7 Å². The predicted molar refractivity (Wildman–Crippen MR) is 95.0 cm³/mol. The maximum Gasteiger partial charge on any atom is 0.158 e. The van der Waals surface area contributed by atoms with Gasteiger partial charge in [0.1, 0.15) is 10.8 Å². The van der Waals surface area contributed by atoms with E-state index in [-0.39, 0.29) is 0 Å². The fraction of sp³-hybridized carbons (Fsp3) is 0.438. The van der Waals surface area contributed by atoms with Gasteiger partial charge in [0.25, 0.3) is 0 Å². The number of nitrogens with two attached hydrogens (primary N) is 1. The van der Waals surface area contributed by atoms with Crippen molar-refractivity contribution in [3.63, 3.8) is 0 Å². The van der Waals surface area contributed by atoms with E-state index in [9.17, 15) is 0 Å². The molecule has 1 fully saturated rings. The van der Waals surface area contributed by atoms with E-state index in [2.05, 4.69) is 33.7 Å². The minimum atomic E-state index is 0.406. The zero-order valence-corrected chi connectivity index (χ0v) is 14.9. The van der Waals surface area contributed by atoms with Gasteiger partial charge in [0.2, 0.25) is 0 Å². The second kappa shape index (κ2) is 6.53. The van der Waals surface area contributed by atoms with Crippen LogP contribution in [-0.4, -0.2) is 28.0 Å². The second-order valence-corrected chi connectivity index (χ2v) is 7.92. The molecule has 0 spiro atoms. The molecule has 0 aliphatic carbocycles. The molecule has 0 aromatic carbocycles. The van der Waals surface area contributed by atoms with Gasteiger partial charge in [-0.05, 0) is 24.3 Å². The number of hydrogen-bond acceptors (Lipinski definition) is 6. The molecular weight excluding hydrogens is 330 g/mol. The zero-order valence-electron chi connectivity index (χ0n) is 13.3. The minimum Gasteiger partial charge on any atom is -0.381 e. The van der Waals surface area contributed by atoms with Crippen LogP contribution in [0.25, 0.3) is 0 Å². The molecule has 2 aromatic heterocycles. The molecule has 3 rings (SSSR count). The van der Waals surface area contributed by atoms with E-state index in [1.165, 1.54) is 11.8 Å². The molecule has 5 nitrogen and oxygen atoms in total. The molecule has 1 aliphatic rings. The van der Waals surface area contributed by atoms with Crippen molar-refractivity contribution in [3.8, 4) is 0 Å². The van der Waals surface area contributed by atoms with Gasteiger partial charge < -0.3 is 10.6 Å². The summed E-state index contributed by atoms with van der Waals surface area (Å²) in [6.07, 6.45) is 7.40. The summed E-state index contributed by atoms with van der Waals surface area (Å²) in [7, 11) is 0. The average molecular weight is 350 g/mol. The fourth-order valence-corrected chi connectivity index (χ4v) is 3.48. The number of piperidine rings is 1. The Hall–Kier alpha value is -1.53. The Kier molecular flexibility index (Phi) is 4.64. The first kappa shape index (κ1) is 16.3. The Balaban J connectivity index is 1.75. The van der Waals surface area contributed by atoms with Crippen LogP contribution >= 0.6 is 23.4 Å². The lowest BCUT2D eigenvalue weighted by Gasteiger charge is -2.37. The highest BCUT2D eigenvalue weighted by Crippen LogP contribution is 2.35. The Morgan fingerprint density at radius 1 is 1.26 bits per heavy atom. The van der Waals surface area contributed by atoms with Crippen LogP contribution in [0.3, 0.4) is 0 Å². The Morgan fingerprint density at radius 2 is 2.00 bits per heavy atom. The first-order chi connectivity index (χ1) is 10.9. The number of nitrogen functional groups attached to an aromatic ring is 1. The smallest absolute Gasteiger partial charge is 0.158 e. The first-order valence-electron chi connectivity index (χ1n) is 7.59. The topological polar surface area (TPSA) is 67.9 Å². The summed E-state index contributed by atoms with van der Waals surface area (Å²) in [5.74, 6) is 1.29. The molecule has 3 heterocycles. The highest BCUT2D eigenvalue weighted by molar-refractivity contribution is 7.99. The lowest BCUT2D eigenvalue weighted by atomic mass is 9.83. The van der Waals surface area contributed by atoms with Crippen LogP contribution in [0.2, 0.25) is 5.02 Å². The standard InChI is InChI=1S/C16H20ClN5S/c1-16(2)4-7-22(8-5-16)13-10-20-15(14(18)21-13)23-12-3-6-19-9-11(12)17/h3,6,9-10H,4-5,7-8H2,1-2H3,(H2,18,21). The summed E-state index contributed by atoms with van der Waals surface area (Å²) in [5.41, 5.74) is 6.51. The number of nitrogens with zero attached hydrogens (tertiary/aromatic N) is 4. The van der Waals surface area contributed by atoms with Crippen molar-refractivity contribution in [3.05, 3.63) is 29.7 Å². The Labute approximate surface area is 145 Å². The maximum atomic E-state index is 6.13.